The Morgan fingerprint density at radius 1 is 1.47 bits per heavy atom. The number of rotatable bonds is 1. The normalized spacial score (nSPS) is 22.5. The summed E-state index contributed by atoms with van der Waals surface area (Å²) < 4.78 is 0. The molecule has 3 heterocycles. The third kappa shape index (κ3) is 1.84. The lowest BCUT2D eigenvalue weighted by atomic mass is 10.2. The van der Waals surface area contributed by atoms with Crippen LogP contribution in [0.5, 0.6) is 0 Å². The third-order valence-corrected chi connectivity index (χ3v) is 3.92. The summed E-state index contributed by atoms with van der Waals surface area (Å²) in [6.07, 6.45) is 2.53. The van der Waals surface area contributed by atoms with E-state index in [2.05, 4.69) is 27.1 Å². The van der Waals surface area contributed by atoms with Crippen LogP contribution in [0.4, 0.5) is 5.69 Å². The van der Waals surface area contributed by atoms with E-state index in [1.165, 1.54) is 11.8 Å². The summed E-state index contributed by atoms with van der Waals surface area (Å²) in [5.41, 5.74) is 3.10. The molecule has 17 heavy (non-hydrogen) atoms. The number of fused-ring (bicyclic) bond motifs is 1. The lowest BCUT2D eigenvalue weighted by molar-refractivity contribution is -0.120. The van der Waals surface area contributed by atoms with E-state index in [0.29, 0.717) is 11.4 Å². The molecule has 0 aliphatic carbocycles. The van der Waals surface area contributed by atoms with Gasteiger partial charge in [-0.3, -0.25) is 9.79 Å². The molecule has 5 nitrogen and oxygen atoms in total. The number of thioether (sulfide) groups is 1. The van der Waals surface area contributed by atoms with Gasteiger partial charge in [-0.1, -0.05) is 6.58 Å². The van der Waals surface area contributed by atoms with E-state index >= 15 is 0 Å². The third-order valence-electron chi connectivity index (χ3n) is 2.61. The summed E-state index contributed by atoms with van der Waals surface area (Å²) in [7, 11) is 0. The zero-order valence-corrected chi connectivity index (χ0v) is 9.83. The van der Waals surface area contributed by atoms with Crippen LogP contribution in [-0.2, 0) is 11.2 Å². The van der Waals surface area contributed by atoms with Crippen LogP contribution < -0.4 is 5.32 Å². The fourth-order valence-electron chi connectivity index (χ4n) is 1.79. The van der Waals surface area contributed by atoms with Crippen molar-refractivity contribution in [3.8, 4) is 0 Å². The maximum absolute atomic E-state index is 11.8. The Bertz CT molecular complexity index is 540. The van der Waals surface area contributed by atoms with Crippen molar-refractivity contribution in [2.75, 3.05) is 5.75 Å². The van der Waals surface area contributed by atoms with Crippen LogP contribution in [0.15, 0.2) is 23.3 Å². The number of hydrogen-bond donors (Lipinski definition) is 1. The highest BCUT2D eigenvalue weighted by Crippen LogP contribution is 2.34. The highest BCUT2D eigenvalue weighted by Gasteiger charge is 2.28. The molecule has 86 valence electrons. The standard InChI is InChI=1S/C11H10N4OS/c1-6-5-17-10(11(16)13-6)9-4-8-7(14-15-9)2-3-12-8/h3-4,10H,1-2,5H2,(H,13,16). The van der Waals surface area contributed by atoms with Gasteiger partial charge in [-0.2, -0.15) is 10.2 Å². The maximum atomic E-state index is 11.8. The van der Waals surface area contributed by atoms with Crippen LogP contribution in [0.3, 0.4) is 0 Å². The van der Waals surface area contributed by atoms with Gasteiger partial charge in [0.15, 0.2) is 0 Å². The summed E-state index contributed by atoms with van der Waals surface area (Å²) in [5, 5.41) is 10.6. The molecule has 2 aliphatic rings. The van der Waals surface area contributed by atoms with Crippen molar-refractivity contribution in [2.45, 2.75) is 11.7 Å². The quantitative estimate of drug-likeness (QED) is 0.807. The fourth-order valence-corrected chi connectivity index (χ4v) is 2.73. The van der Waals surface area contributed by atoms with Crippen molar-refractivity contribution in [3.05, 3.63) is 29.7 Å². The SMILES string of the molecule is C=C1CSC(c2cc3c(nn2)CC=N3)C(=O)N1. The van der Waals surface area contributed by atoms with E-state index in [1.807, 2.05) is 6.07 Å². The van der Waals surface area contributed by atoms with Gasteiger partial charge in [-0.25, -0.2) is 0 Å². The number of hydrogen-bond acceptors (Lipinski definition) is 5. The molecule has 0 bridgehead atoms. The van der Waals surface area contributed by atoms with E-state index in [9.17, 15) is 4.79 Å². The molecule has 0 radical (unpaired) electrons. The second-order valence-electron chi connectivity index (χ2n) is 3.90. The predicted octanol–water partition coefficient (Wildman–Crippen LogP) is 1.15. The Morgan fingerprint density at radius 2 is 2.35 bits per heavy atom. The number of aliphatic imine (C=N–C) groups is 1. The molecule has 1 atom stereocenters. The Hall–Kier alpha value is -1.69. The first-order valence-corrected chi connectivity index (χ1v) is 6.28. The molecule has 1 saturated heterocycles. The second-order valence-corrected chi connectivity index (χ2v) is 4.99. The van der Waals surface area contributed by atoms with Crippen molar-refractivity contribution < 1.29 is 4.79 Å². The minimum atomic E-state index is -0.311. The zero-order valence-electron chi connectivity index (χ0n) is 9.01. The van der Waals surface area contributed by atoms with Crippen LogP contribution in [-0.4, -0.2) is 28.1 Å². The number of nitrogens with one attached hydrogen (secondary N) is 1. The average molecular weight is 246 g/mol. The van der Waals surface area contributed by atoms with E-state index in [1.54, 1.807) is 6.21 Å². The van der Waals surface area contributed by atoms with Crippen molar-refractivity contribution in [1.82, 2.24) is 15.5 Å². The minimum absolute atomic E-state index is 0.0810. The zero-order chi connectivity index (χ0) is 11.8. The number of nitrogens with zero attached hydrogens (tertiary/aromatic N) is 3. The van der Waals surface area contributed by atoms with Gasteiger partial charge in [0.05, 0.1) is 17.1 Å². The summed E-state index contributed by atoms with van der Waals surface area (Å²) >= 11 is 1.51. The summed E-state index contributed by atoms with van der Waals surface area (Å²) in [6, 6.07) is 1.84. The van der Waals surface area contributed by atoms with Gasteiger partial charge in [-0.05, 0) is 6.07 Å². The minimum Gasteiger partial charge on any atom is -0.328 e. The van der Waals surface area contributed by atoms with Gasteiger partial charge in [0, 0.05) is 24.1 Å². The van der Waals surface area contributed by atoms with E-state index < -0.39 is 0 Å². The predicted molar refractivity (Wildman–Crippen MR) is 66.4 cm³/mol. The van der Waals surface area contributed by atoms with Crippen molar-refractivity contribution in [2.24, 2.45) is 4.99 Å². The van der Waals surface area contributed by atoms with Crippen molar-refractivity contribution >= 4 is 29.6 Å². The molecule has 1 amide bonds. The number of aromatic nitrogens is 2. The molecule has 3 rings (SSSR count). The van der Waals surface area contributed by atoms with Crippen LogP contribution in [0, 0.1) is 0 Å². The van der Waals surface area contributed by atoms with Crippen LogP contribution >= 0.6 is 11.8 Å². The highest BCUT2D eigenvalue weighted by atomic mass is 32.2. The van der Waals surface area contributed by atoms with Crippen molar-refractivity contribution in [3.63, 3.8) is 0 Å². The molecule has 0 saturated carbocycles. The molecule has 1 fully saturated rings. The average Bonchev–Trinajstić information content (AvgIpc) is 2.75. The van der Waals surface area contributed by atoms with Crippen LogP contribution in [0.25, 0.3) is 0 Å². The van der Waals surface area contributed by atoms with Crippen molar-refractivity contribution in [1.29, 1.82) is 0 Å². The number of carbonyl (C=O) groups excluding carboxylic acids is 1. The van der Waals surface area contributed by atoms with Gasteiger partial charge < -0.3 is 5.32 Å². The lowest BCUT2D eigenvalue weighted by Gasteiger charge is -2.22. The first-order chi connectivity index (χ1) is 8.24. The first kappa shape index (κ1) is 10.5. The molecule has 1 N–H and O–H groups in total. The molecular formula is C11H10N4OS. The van der Waals surface area contributed by atoms with Gasteiger partial charge >= 0.3 is 0 Å². The van der Waals surface area contributed by atoms with Crippen LogP contribution in [0.1, 0.15) is 16.6 Å². The van der Waals surface area contributed by atoms with Gasteiger partial charge in [0.1, 0.15) is 5.25 Å². The molecule has 1 aromatic heterocycles. The number of carbonyl (C=O) groups is 1. The van der Waals surface area contributed by atoms with Gasteiger partial charge in [-0.15, -0.1) is 11.8 Å². The largest absolute Gasteiger partial charge is 0.328 e. The number of amides is 1. The highest BCUT2D eigenvalue weighted by molar-refractivity contribution is 8.00. The molecule has 1 unspecified atom stereocenters. The van der Waals surface area contributed by atoms with E-state index in [-0.39, 0.29) is 11.2 Å². The Kier molecular flexibility index (Phi) is 2.44. The Morgan fingerprint density at radius 3 is 3.18 bits per heavy atom. The first-order valence-electron chi connectivity index (χ1n) is 5.23. The molecule has 0 spiro atoms. The van der Waals surface area contributed by atoms with Crippen LogP contribution in [0.2, 0.25) is 0 Å². The fraction of sp³-hybridized carbons (Fsp3) is 0.273. The summed E-state index contributed by atoms with van der Waals surface area (Å²) in [6.45, 7) is 3.74. The smallest absolute Gasteiger partial charge is 0.243 e. The molecular weight excluding hydrogens is 236 g/mol. The topological polar surface area (TPSA) is 67.2 Å². The molecule has 6 heteroatoms. The molecule has 0 aromatic carbocycles. The van der Waals surface area contributed by atoms with E-state index in [4.69, 9.17) is 0 Å². The molecule has 1 aromatic rings. The van der Waals surface area contributed by atoms with E-state index in [0.717, 1.165) is 23.5 Å². The lowest BCUT2D eigenvalue weighted by Crippen LogP contribution is -2.33. The summed E-state index contributed by atoms with van der Waals surface area (Å²) in [5.74, 6) is 0.626. The second kappa shape index (κ2) is 3.96. The van der Waals surface area contributed by atoms with Gasteiger partial charge in [0.2, 0.25) is 5.91 Å². The Labute approximate surface area is 102 Å². The maximum Gasteiger partial charge on any atom is 0.243 e. The molecule has 2 aliphatic heterocycles. The monoisotopic (exact) mass is 246 g/mol. The summed E-state index contributed by atoms with van der Waals surface area (Å²) in [4.78, 5) is 16.0. The Balaban J connectivity index is 1.91. The van der Waals surface area contributed by atoms with Gasteiger partial charge in [0.25, 0.3) is 0 Å².